The maximum Gasteiger partial charge on any atom is 0.0860 e. The number of unbranched alkanes of at least 4 members (excludes halogenated alkanes) is 2. The molecule has 1 aromatic rings. The van der Waals surface area contributed by atoms with Gasteiger partial charge in [0.2, 0.25) is 0 Å². The van der Waals surface area contributed by atoms with E-state index in [1.807, 2.05) is 11.6 Å². The molecule has 5 heteroatoms. The monoisotopic (exact) mass is 321 g/mol. The SMILES string of the molecule is CCn1nc(C)c(Cl)c1CNCCCCCBr. The van der Waals surface area contributed by atoms with Gasteiger partial charge in [0.05, 0.1) is 16.4 Å². The van der Waals surface area contributed by atoms with Crippen molar-refractivity contribution in [1.82, 2.24) is 15.1 Å². The molecule has 3 nitrogen and oxygen atoms in total. The van der Waals surface area contributed by atoms with Crippen LogP contribution in [0.3, 0.4) is 0 Å². The Morgan fingerprint density at radius 2 is 2.12 bits per heavy atom. The van der Waals surface area contributed by atoms with Crippen molar-refractivity contribution >= 4 is 27.5 Å². The Morgan fingerprint density at radius 3 is 2.76 bits per heavy atom. The zero-order chi connectivity index (χ0) is 12.7. The lowest BCUT2D eigenvalue weighted by molar-refractivity contribution is 0.563. The van der Waals surface area contributed by atoms with Crippen LogP contribution in [0.2, 0.25) is 5.02 Å². The molecule has 1 aromatic heterocycles. The number of nitrogens with zero attached hydrogens (tertiary/aromatic N) is 2. The van der Waals surface area contributed by atoms with E-state index in [1.165, 1.54) is 19.3 Å². The predicted octanol–water partition coefficient (Wildman–Crippen LogP) is 3.52. The fourth-order valence-electron chi connectivity index (χ4n) is 1.77. The molecule has 0 amide bonds. The zero-order valence-corrected chi connectivity index (χ0v) is 12.9. The Kier molecular flexibility index (Phi) is 7.16. The third-order valence-corrected chi connectivity index (χ3v) is 3.78. The highest BCUT2D eigenvalue weighted by Gasteiger charge is 2.11. The van der Waals surface area contributed by atoms with E-state index >= 15 is 0 Å². The van der Waals surface area contributed by atoms with Crippen LogP contribution in [0, 0.1) is 6.92 Å². The first kappa shape index (κ1) is 15.0. The number of aryl methyl sites for hydroxylation is 2. The van der Waals surface area contributed by atoms with E-state index in [2.05, 4.69) is 33.3 Å². The van der Waals surface area contributed by atoms with Gasteiger partial charge in [-0.25, -0.2) is 0 Å². The van der Waals surface area contributed by atoms with Gasteiger partial charge in [0, 0.05) is 18.4 Å². The van der Waals surface area contributed by atoms with Gasteiger partial charge in [0.25, 0.3) is 0 Å². The summed E-state index contributed by atoms with van der Waals surface area (Å²) in [4.78, 5) is 0. The molecule has 0 unspecified atom stereocenters. The molecule has 17 heavy (non-hydrogen) atoms. The average molecular weight is 323 g/mol. The summed E-state index contributed by atoms with van der Waals surface area (Å²) in [6, 6.07) is 0. The van der Waals surface area contributed by atoms with Crippen molar-refractivity contribution in [1.29, 1.82) is 0 Å². The van der Waals surface area contributed by atoms with Crippen LogP contribution in [0.4, 0.5) is 0 Å². The highest BCUT2D eigenvalue weighted by Crippen LogP contribution is 2.19. The molecule has 0 radical (unpaired) electrons. The molecule has 1 N–H and O–H groups in total. The summed E-state index contributed by atoms with van der Waals surface area (Å²) in [7, 11) is 0. The molecular weight excluding hydrogens is 302 g/mol. The number of nitrogens with one attached hydrogen (secondary N) is 1. The number of aromatic nitrogens is 2. The predicted molar refractivity (Wildman–Crippen MR) is 77.0 cm³/mol. The van der Waals surface area contributed by atoms with Crippen molar-refractivity contribution in [2.45, 2.75) is 46.2 Å². The Bertz CT molecular complexity index is 339. The molecule has 1 heterocycles. The minimum Gasteiger partial charge on any atom is -0.311 e. The number of hydrogen-bond acceptors (Lipinski definition) is 2. The summed E-state index contributed by atoms with van der Waals surface area (Å²) in [6.45, 7) is 6.75. The maximum absolute atomic E-state index is 6.23. The smallest absolute Gasteiger partial charge is 0.0860 e. The normalized spacial score (nSPS) is 11.1. The minimum atomic E-state index is 0.805. The highest BCUT2D eigenvalue weighted by atomic mass is 79.9. The largest absolute Gasteiger partial charge is 0.311 e. The van der Waals surface area contributed by atoms with Crippen LogP contribution in [-0.2, 0) is 13.1 Å². The van der Waals surface area contributed by atoms with Crippen LogP contribution in [0.1, 0.15) is 37.6 Å². The molecule has 0 aliphatic rings. The van der Waals surface area contributed by atoms with Crippen molar-refractivity contribution < 1.29 is 0 Å². The van der Waals surface area contributed by atoms with Gasteiger partial charge in [-0.15, -0.1) is 0 Å². The number of alkyl halides is 1. The lowest BCUT2D eigenvalue weighted by atomic mass is 10.2. The van der Waals surface area contributed by atoms with Crippen LogP contribution in [0.5, 0.6) is 0 Å². The van der Waals surface area contributed by atoms with Crippen LogP contribution < -0.4 is 5.32 Å². The second-order valence-corrected chi connectivity index (χ2v) is 5.26. The van der Waals surface area contributed by atoms with Gasteiger partial charge in [0.15, 0.2) is 0 Å². The molecule has 0 aromatic carbocycles. The van der Waals surface area contributed by atoms with Crippen LogP contribution in [0.25, 0.3) is 0 Å². The summed E-state index contributed by atoms with van der Waals surface area (Å²) in [6.07, 6.45) is 3.72. The summed E-state index contributed by atoms with van der Waals surface area (Å²) >= 11 is 9.66. The van der Waals surface area contributed by atoms with E-state index in [4.69, 9.17) is 11.6 Å². The minimum absolute atomic E-state index is 0.805. The van der Waals surface area contributed by atoms with Gasteiger partial charge in [0.1, 0.15) is 0 Å². The molecule has 0 fully saturated rings. The topological polar surface area (TPSA) is 29.9 Å². The fourth-order valence-corrected chi connectivity index (χ4v) is 2.36. The van der Waals surface area contributed by atoms with Crippen LogP contribution >= 0.6 is 27.5 Å². The Hall–Kier alpha value is -0.0600. The van der Waals surface area contributed by atoms with Gasteiger partial charge in [-0.2, -0.15) is 5.10 Å². The third kappa shape index (κ3) is 4.60. The average Bonchev–Trinajstić information content (AvgIpc) is 2.60. The van der Waals surface area contributed by atoms with Crippen molar-refractivity contribution in [2.24, 2.45) is 0 Å². The number of hydrogen-bond donors (Lipinski definition) is 1. The van der Waals surface area contributed by atoms with Gasteiger partial charge in [-0.3, -0.25) is 4.68 Å². The van der Waals surface area contributed by atoms with Crippen molar-refractivity contribution in [2.75, 3.05) is 11.9 Å². The fraction of sp³-hybridized carbons (Fsp3) is 0.750. The molecule has 0 saturated carbocycles. The molecule has 0 spiro atoms. The molecule has 0 aliphatic carbocycles. The number of halogens is 2. The highest BCUT2D eigenvalue weighted by molar-refractivity contribution is 9.09. The van der Waals surface area contributed by atoms with E-state index in [0.717, 1.165) is 41.4 Å². The molecule has 0 aliphatic heterocycles. The van der Waals surface area contributed by atoms with Crippen LogP contribution in [0.15, 0.2) is 0 Å². The van der Waals surface area contributed by atoms with E-state index in [0.29, 0.717) is 0 Å². The number of rotatable bonds is 8. The molecular formula is C12H21BrClN3. The maximum atomic E-state index is 6.23. The third-order valence-electron chi connectivity index (χ3n) is 2.73. The van der Waals surface area contributed by atoms with E-state index < -0.39 is 0 Å². The molecule has 0 saturated heterocycles. The summed E-state index contributed by atoms with van der Waals surface area (Å²) in [5, 5.41) is 9.73. The molecule has 0 atom stereocenters. The zero-order valence-electron chi connectivity index (χ0n) is 10.6. The lowest BCUT2D eigenvalue weighted by Crippen LogP contribution is -2.18. The summed E-state index contributed by atoms with van der Waals surface area (Å²) in [5.41, 5.74) is 2.02. The summed E-state index contributed by atoms with van der Waals surface area (Å²) in [5.74, 6) is 0. The van der Waals surface area contributed by atoms with Crippen molar-refractivity contribution in [3.63, 3.8) is 0 Å². The first-order valence-electron chi connectivity index (χ1n) is 6.19. The van der Waals surface area contributed by atoms with Crippen molar-refractivity contribution in [3.05, 3.63) is 16.4 Å². The summed E-state index contributed by atoms with van der Waals surface area (Å²) < 4.78 is 1.98. The standard InChI is InChI=1S/C12H21BrClN3/c1-3-17-11(12(14)10(2)16-17)9-15-8-6-4-5-7-13/h15H,3-9H2,1-2H3. The first-order chi connectivity index (χ1) is 8.20. The van der Waals surface area contributed by atoms with E-state index in [9.17, 15) is 0 Å². The Labute approximate surface area is 117 Å². The van der Waals surface area contributed by atoms with Crippen LogP contribution in [-0.4, -0.2) is 21.7 Å². The Morgan fingerprint density at radius 1 is 1.35 bits per heavy atom. The van der Waals surface area contributed by atoms with E-state index in [1.54, 1.807) is 0 Å². The molecule has 0 bridgehead atoms. The van der Waals surface area contributed by atoms with E-state index in [-0.39, 0.29) is 0 Å². The molecule has 1 rings (SSSR count). The quantitative estimate of drug-likeness (QED) is 0.586. The van der Waals surface area contributed by atoms with Gasteiger partial charge in [-0.05, 0) is 33.2 Å². The first-order valence-corrected chi connectivity index (χ1v) is 7.69. The molecule has 98 valence electrons. The Balaban J connectivity index is 2.35. The van der Waals surface area contributed by atoms with Crippen molar-refractivity contribution in [3.8, 4) is 0 Å². The lowest BCUT2D eigenvalue weighted by Gasteiger charge is -2.07. The van der Waals surface area contributed by atoms with Gasteiger partial charge < -0.3 is 5.32 Å². The van der Waals surface area contributed by atoms with Gasteiger partial charge >= 0.3 is 0 Å². The second-order valence-electron chi connectivity index (χ2n) is 4.09. The second kappa shape index (κ2) is 8.11. The van der Waals surface area contributed by atoms with Gasteiger partial charge in [-0.1, -0.05) is 34.0 Å².